The molecule has 0 fully saturated rings. The largest absolute Gasteiger partial charge is 0.467 e. The Labute approximate surface area is 109 Å². The second-order valence-corrected chi connectivity index (χ2v) is 4.89. The number of anilines is 2. The van der Waals surface area contributed by atoms with Gasteiger partial charge in [0.1, 0.15) is 6.04 Å². The summed E-state index contributed by atoms with van der Waals surface area (Å²) in [6.07, 6.45) is 0.709. The molecule has 18 heavy (non-hydrogen) atoms. The Morgan fingerprint density at radius 2 is 2.11 bits per heavy atom. The maximum Gasteiger partial charge on any atom is 0.328 e. The topological polar surface area (TPSA) is 64.3 Å². The number of carbonyl (C=O) groups is 1. The third kappa shape index (κ3) is 3.65. The van der Waals surface area contributed by atoms with Crippen molar-refractivity contribution in [2.75, 3.05) is 18.2 Å². The van der Waals surface area contributed by atoms with E-state index >= 15 is 0 Å². The van der Waals surface area contributed by atoms with Crippen LogP contribution in [0.3, 0.4) is 0 Å². The van der Waals surface area contributed by atoms with Crippen LogP contribution >= 0.6 is 0 Å². The number of aryl methyl sites for hydroxylation is 1. The summed E-state index contributed by atoms with van der Waals surface area (Å²) in [5, 5.41) is 3.20. The monoisotopic (exact) mass is 250 g/mol. The Morgan fingerprint density at radius 1 is 1.44 bits per heavy atom. The summed E-state index contributed by atoms with van der Waals surface area (Å²) in [6, 6.07) is 5.31. The summed E-state index contributed by atoms with van der Waals surface area (Å²) in [5.74, 6) is 0.137. The molecule has 0 amide bonds. The first-order valence-corrected chi connectivity index (χ1v) is 6.15. The van der Waals surface area contributed by atoms with Crippen LogP contribution in [0.5, 0.6) is 0 Å². The van der Waals surface area contributed by atoms with Crippen LogP contribution in [0.4, 0.5) is 11.4 Å². The molecule has 0 saturated carbocycles. The number of nitrogens with two attached hydrogens (primary N) is 1. The molecule has 0 aliphatic heterocycles. The predicted octanol–water partition coefficient (Wildman–Crippen LogP) is 2.58. The number of para-hydroxylation sites is 1. The Bertz CT molecular complexity index is 396. The van der Waals surface area contributed by atoms with E-state index in [-0.39, 0.29) is 12.0 Å². The number of nitrogens with one attached hydrogen (secondary N) is 1. The van der Waals surface area contributed by atoms with Crippen LogP contribution in [0.2, 0.25) is 0 Å². The van der Waals surface area contributed by atoms with Crippen LogP contribution in [0.25, 0.3) is 0 Å². The molecule has 1 atom stereocenters. The van der Waals surface area contributed by atoms with Gasteiger partial charge in [0, 0.05) is 0 Å². The lowest BCUT2D eigenvalue weighted by Crippen LogP contribution is -2.32. The van der Waals surface area contributed by atoms with Crippen molar-refractivity contribution >= 4 is 17.3 Å². The molecule has 0 saturated heterocycles. The van der Waals surface area contributed by atoms with E-state index in [1.54, 1.807) is 0 Å². The van der Waals surface area contributed by atoms with E-state index in [0.717, 1.165) is 11.3 Å². The lowest BCUT2D eigenvalue weighted by Gasteiger charge is -2.21. The summed E-state index contributed by atoms with van der Waals surface area (Å²) >= 11 is 0. The van der Waals surface area contributed by atoms with Gasteiger partial charge in [-0.2, -0.15) is 0 Å². The minimum absolute atomic E-state index is 0.258. The fraction of sp³-hybridized carbons (Fsp3) is 0.500. The number of benzene rings is 1. The third-order valence-electron chi connectivity index (χ3n) is 2.82. The average molecular weight is 250 g/mol. The highest BCUT2D eigenvalue weighted by atomic mass is 16.5. The van der Waals surface area contributed by atoms with Gasteiger partial charge in [-0.25, -0.2) is 4.79 Å². The normalized spacial score (nSPS) is 12.3. The molecule has 4 nitrogen and oxygen atoms in total. The van der Waals surface area contributed by atoms with Gasteiger partial charge in [-0.15, -0.1) is 0 Å². The van der Waals surface area contributed by atoms with Gasteiger partial charge >= 0.3 is 5.97 Å². The van der Waals surface area contributed by atoms with E-state index in [1.807, 2.05) is 25.1 Å². The molecule has 1 unspecified atom stereocenters. The van der Waals surface area contributed by atoms with Crippen LogP contribution in [-0.4, -0.2) is 19.1 Å². The van der Waals surface area contributed by atoms with Gasteiger partial charge in [-0.05, 0) is 30.9 Å². The van der Waals surface area contributed by atoms with Crippen molar-refractivity contribution in [3.63, 3.8) is 0 Å². The molecule has 4 heteroatoms. The molecule has 0 aliphatic carbocycles. The van der Waals surface area contributed by atoms with Crippen molar-refractivity contribution in [2.45, 2.75) is 33.2 Å². The summed E-state index contributed by atoms with van der Waals surface area (Å²) < 4.78 is 4.82. The molecule has 0 aliphatic rings. The van der Waals surface area contributed by atoms with E-state index in [0.29, 0.717) is 18.0 Å². The fourth-order valence-electron chi connectivity index (χ4n) is 1.89. The van der Waals surface area contributed by atoms with Crippen molar-refractivity contribution < 1.29 is 9.53 Å². The fourth-order valence-corrected chi connectivity index (χ4v) is 1.89. The second kappa shape index (κ2) is 6.28. The number of hydrogen-bond acceptors (Lipinski definition) is 4. The highest BCUT2D eigenvalue weighted by molar-refractivity contribution is 5.82. The Balaban J connectivity index is 2.92. The molecule has 1 aromatic carbocycles. The van der Waals surface area contributed by atoms with Crippen molar-refractivity contribution in [1.82, 2.24) is 0 Å². The molecular weight excluding hydrogens is 228 g/mol. The summed E-state index contributed by atoms with van der Waals surface area (Å²) in [6.45, 7) is 6.10. The number of methoxy groups -OCH3 is 1. The summed E-state index contributed by atoms with van der Waals surface area (Å²) in [4.78, 5) is 11.7. The zero-order chi connectivity index (χ0) is 13.7. The Hall–Kier alpha value is -1.71. The Morgan fingerprint density at radius 3 is 2.61 bits per heavy atom. The third-order valence-corrected chi connectivity index (χ3v) is 2.82. The molecule has 0 heterocycles. The number of esters is 1. The zero-order valence-corrected chi connectivity index (χ0v) is 11.5. The first kappa shape index (κ1) is 14.4. The molecular formula is C14H22N2O2. The average Bonchev–Trinajstić information content (AvgIpc) is 2.31. The van der Waals surface area contributed by atoms with E-state index < -0.39 is 0 Å². The highest BCUT2D eigenvalue weighted by Crippen LogP contribution is 2.24. The first-order chi connectivity index (χ1) is 8.45. The van der Waals surface area contributed by atoms with Crippen LogP contribution in [0.15, 0.2) is 18.2 Å². The van der Waals surface area contributed by atoms with Gasteiger partial charge in [0.15, 0.2) is 0 Å². The molecule has 0 aromatic heterocycles. The van der Waals surface area contributed by atoms with Gasteiger partial charge in [0.2, 0.25) is 0 Å². The zero-order valence-electron chi connectivity index (χ0n) is 11.5. The SMILES string of the molecule is COC(=O)C(CC(C)C)Nc1c(C)cccc1N. The van der Waals surface area contributed by atoms with Crippen LogP contribution < -0.4 is 11.1 Å². The lowest BCUT2D eigenvalue weighted by molar-refractivity contribution is -0.141. The maximum absolute atomic E-state index is 11.7. The first-order valence-electron chi connectivity index (χ1n) is 6.15. The van der Waals surface area contributed by atoms with Gasteiger partial charge in [-0.1, -0.05) is 26.0 Å². The van der Waals surface area contributed by atoms with E-state index in [2.05, 4.69) is 19.2 Å². The number of carbonyl (C=O) groups excluding carboxylic acids is 1. The molecule has 1 rings (SSSR count). The molecule has 0 radical (unpaired) electrons. The van der Waals surface area contributed by atoms with Gasteiger partial charge in [0.25, 0.3) is 0 Å². The number of rotatable bonds is 5. The molecule has 0 spiro atoms. The summed E-state index contributed by atoms with van der Waals surface area (Å²) in [5.41, 5.74) is 8.41. The van der Waals surface area contributed by atoms with Crippen molar-refractivity contribution in [3.05, 3.63) is 23.8 Å². The van der Waals surface area contributed by atoms with Gasteiger partial charge in [0.05, 0.1) is 18.5 Å². The van der Waals surface area contributed by atoms with E-state index in [4.69, 9.17) is 10.5 Å². The molecule has 1 aromatic rings. The van der Waals surface area contributed by atoms with Crippen molar-refractivity contribution in [3.8, 4) is 0 Å². The molecule has 100 valence electrons. The smallest absolute Gasteiger partial charge is 0.328 e. The lowest BCUT2D eigenvalue weighted by atomic mass is 10.0. The predicted molar refractivity (Wildman–Crippen MR) is 74.5 cm³/mol. The van der Waals surface area contributed by atoms with Gasteiger partial charge < -0.3 is 15.8 Å². The van der Waals surface area contributed by atoms with Gasteiger partial charge in [-0.3, -0.25) is 0 Å². The molecule has 3 N–H and O–H groups in total. The maximum atomic E-state index is 11.7. The highest BCUT2D eigenvalue weighted by Gasteiger charge is 2.21. The molecule has 0 bridgehead atoms. The number of hydrogen-bond donors (Lipinski definition) is 2. The standard InChI is InChI=1S/C14H22N2O2/c1-9(2)8-12(14(17)18-4)16-13-10(3)6-5-7-11(13)15/h5-7,9,12,16H,8,15H2,1-4H3. The van der Waals surface area contributed by atoms with Crippen LogP contribution in [0, 0.1) is 12.8 Å². The summed E-state index contributed by atoms with van der Waals surface area (Å²) in [7, 11) is 1.40. The van der Waals surface area contributed by atoms with Crippen molar-refractivity contribution in [2.24, 2.45) is 5.92 Å². The number of nitrogen functional groups attached to an aromatic ring is 1. The minimum atomic E-state index is -0.363. The second-order valence-electron chi connectivity index (χ2n) is 4.89. The Kier molecular flexibility index (Phi) is 5.01. The minimum Gasteiger partial charge on any atom is -0.467 e. The quantitative estimate of drug-likeness (QED) is 0.622. The van der Waals surface area contributed by atoms with E-state index in [1.165, 1.54) is 7.11 Å². The number of ether oxygens (including phenoxy) is 1. The van der Waals surface area contributed by atoms with Crippen LogP contribution in [-0.2, 0) is 9.53 Å². The van der Waals surface area contributed by atoms with Crippen molar-refractivity contribution in [1.29, 1.82) is 0 Å². The van der Waals surface area contributed by atoms with Crippen LogP contribution in [0.1, 0.15) is 25.8 Å². The van der Waals surface area contributed by atoms with E-state index in [9.17, 15) is 4.79 Å².